The molecular weight excluding hydrogens is 202 g/mol. The summed E-state index contributed by atoms with van der Waals surface area (Å²) in [6.07, 6.45) is 0.711. The van der Waals surface area contributed by atoms with Crippen LogP contribution in [0.1, 0.15) is 25.8 Å². The summed E-state index contributed by atoms with van der Waals surface area (Å²) >= 11 is 0. The predicted molar refractivity (Wildman–Crippen MR) is 64.1 cm³/mol. The summed E-state index contributed by atoms with van der Waals surface area (Å²) in [5.41, 5.74) is 1.00. The Morgan fingerprint density at radius 2 is 2.06 bits per heavy atom. The van der Waals surface area contributed by atoms with Crippen molar-refractivity contribution in [1.82, 2.24) is 5.32 Å². The zero-order valence-electron chi connectivity index (χ0n) is 9.90. The van der Waals surface area contributed by atoms with E-state index in [2.05, 4.69) is 19.2 Å². The van der Waals surface area contributed by atoms with Crippen molar-refractivity contribution in [2.45, 2.75) is 26.9 Å². The lowest BCUT2D eigenvalue weighted by Gasteiger charge is -2.10. The minimum atomic E-state index is -0.343. The molecule has 0 spiro atoms. The van der Waals surface area contributed by atoms with Gasteiger partial charge in [-0.25, -0.2) is 4.79 Å². The Hall–Kier alpha value is -1.51. The van der Waals surface area contributed by atoms with Crippen molar-refractivity contribution in [3.63, 3.8) is 0 Å². The number of benzene rings is 1. The van der Waals surface area contributed by atoms with Gasteiger partial charge in [-0.3, -0.25) is 0 Å². The molecule has 0 saturated carbocycles. The van der Waals surface area contributed by atoms with E-state index >= 15 is 0 Å². The van der Waals surface area contributed by atoms with Gasteiger partial charge in [0.25, 0.3) is 0 Å². The third-order valence-electron chi connectivity index (χ3n) is 2.50. The highest BCUT2D eigenvalue weighted by Crippen LogP contribution is 2.01. The first kappa shape index (κ1) is 12.6. The van der Waals surface area contributed by atoms with Crippen molar-refractivity contribution in [2.24, 2.45) is 5.92 Å². The maximum atomic E-state index is 11.3. The van der Waals surface area contributed by atoms with Gasteiger partial charge < -0.3 is 10.1 Å². The molecule has 1 aromatic rings. The van der Waals surface area contributed by atoms with E-state index in [1.807, 2.05) is 30.3 Å². The van der Waals surface area contributed by atoms with Crippen molar-refractivity contribution < 1.29 is 9.53 Å². The van der Waals surface area contributed by atoms with E-state index in [1.54, 1.807) is 0 Å². The molecule has 1 rings (SSSR count). The topological polar surface area (TPSA) is 38.3 Å². The van der Waals surface area contributed by atoms with E-state index in [1.165, 1.54) is 0 Å². The summed E-state index contributed by atoms with van der Waals surface area (Å²) in [7, 11) is 0. The second kappa shape index (κ2) is 6.88. The second-order valence-electron chi connectivity index (χ2n) is 3.96. The van der Waals surface area contributed by atoms with Gasteiger partial charge in [0.2, 0.25) is 0 Å². The van der Waals surface area contributed by atoms with Gasteiger partial charge in [-0.2, -0.15) is 0 Å². The maximum absolute atomic E-state index is 11.3. The highest BCUT2D eigenvalue weighted by molar-refractivity contribution is 5.67. The van der Waals surface area contributed by atoms with Gasteiger partial charge in [0, 0.05) is 6.54 Å². The average molecular weight is 221 g/mol. The van der Waals surface area contributed by atoms with E-state index in [0.29, 0.717) is 19.1 Å². The first-order valence-corrected chi connectivity index (χ1v) is 5.67. The number of carbonyl (C=O) groups excluding carboxylic acids is 1. The van der Waals surface area contributed by atoms with E-state index < -0.39 is 0 Å². The summed E-state index contributed by atoms with van der Waals surface area (Å²) in [5.74, 6) is 0.490. The first-order valence-electron chi connectivity index (χ1n) is 5.67. The van der Waals surface area contributed by atoms with Crippen molar-refractivity contribution >= 4 is 6.09 Å². The van der Waals surface area contributed by atoms with Crippen LogP contribution in [0, 0.1) is 5.92 Å². The molecule has 88 valence electrons. The summed E-state index contributed by atoms with van der Waals surface area (Å²) in [6, 6.07) is 9.65. The van der Waals surface area contributed by atoms with Gasteiger partial charge >= 0.3 is 6.09 Å². The van der Waals surface area contributed by atoms with Gasteiger partial charge in [0.1, 0.15) is 6.61 Å². The number of hydrogen-bond donors (Lipinski definition) is 1. The Bertz CT molecular complexity index is 311. The van der Waals surface area contributed by atoms with Crippen LogP contribution in [0.25, 0.3) is 0 Å². The number of amides is 1. The van der Waals surface area contributed by atoms with E-state index in [-0.39, 0.29) is 6.09 Å². The average Bonchev–Trinajstić information content (AvgIpc) is 2.34. The normalized spacial score (nSPS) is 11.9. The summed E-state index contributed by atoms with van der Waals surface area (Å²) < 4.78 is 5.07. The molecule has 0 aliphatic carbocycles. The lowest BCUT2D eigenvalue weighted by atomic mass is 10.1. The quantitative estimate of drug-likeness (QED) is 0.830. The molecule has 1 aromatic carbocycles. The van der Waals surface area contributed by atoms with Crippen LogP contribution in [0.2, 0.25) is 0 Å². The molecule has 3 heteroatoms. The summed E-state index contributed by atoms with van der Waals surface area (Å²) in [5, 5.41) is 2.74. The Morgan fingerprint density at radius 3 is 2.69 bits per heavy atom. The van der Waals surface area contributed by atoms with Crippen molar-refractivity contribution in [3.05, 3.63) is 35.9 Å². The second-order valence-corrected chi connectivity index (χ2v) is 3.96. The Labute approximate surface area is 96.8 Å². The lowest BCUT2D eigenvalue weighted by molar-refractivity contribution is 0.138. The molecule has 0 fully saturated rings. The fourth-order valence-electron chi connectivity index (χ4n) is 1.18. The van der Waals surface area contributed by atoms with Crippen LogP contribution in [-0.4, -0.2) is 12.6 Å². The number of alkyl carbamates (subject to hydrolysis) is 1. The summed E-state index contributed by atoms with van der Waals surface area (Å²) in [6.45, 7) is 5.19. The molecule has 1 amide bonds. The molecule has 0 aliphatic rings. The molecule has 0 unspecified atom stereocenters. The SMILES string of the molecule is CC[C@H](C)CNC(=O)OCc1ccccc1. The molecule has 16 heavy (non-hydrogen) atoms. The van der Waals surface area contributed by atoms with Crippen LogP contribution in [0.5, 0.6) is 0 Å². The van der Waals surface area contributed by atoms with Gasteiger partial charge in [0.15, 0.2) is 0 Å². The van der Waals surface area contributed by atoms with E-state index in [4.69, 9.17) is 4.74 Å². The maximum Gasteiger partial charge on any atom is 0.407 e. The van der Waals surface area contributed by atoms with Gasteiger partial charge in [-0.05, 0) is 11.5 Å². The van der Waals surface area contributed by atoms with Crippen LogP contribution in [0.15, 0.2) is 30.3 Å². The molecule has 0 radical (unpaired) electrons. The predicted octanol–water partition coefficient (Wildman–Crippen LogP) is 2.96. The van der Waals surface area contributed by atoms with Gasteiger partial charge in [0.05, 0.1) is 0 Å². The molecule has 0 bridgehead atoms. The molecule has 0 aromatic heterocycles. The molecule has 1 N–H and O–H groups in total. The molecule has 0 heterocycles. The number of nitrogens with one attached hydrogen (secondary N) is 1. The first-order chi connectivity index (χ1) is 7.72. The Morgan fingerprint density at radius 1 is 1.38 bits per heavy atom. The number of hydrogen-bond acceptors (Lipinski definition) is 2. The molecule has 1 atom stereocenters. The summed E-state index contributed by atoms with van der Waals surface area (Å²) in [4.78, 5) is 11.3. The van der Waals surface area contributed by atoms with Crippen molar-refractivity contribution in [2.75, 3.05) is 6.54 Å². The number of rotatable bonds is 5. The lowest BCUT2D eigenvalue weighted by Crippen LogP contribution is -2.28. The number of ether oxygens (including phenoxy) is 1. The minimum absolute atomic E-state index is 0.327. The zero-order valence-corrected chi connectivity index (χ0v) is 9.90. The largest absolute Gasteiger partial charge is 0.445 e. The smallest absolute Gasteiger partial charge is 0.407 e. The zero-order chi connectivity index (χ0) is 11.8. The fourth-order valence-corrected chi connectivity index (χ4v) is 1.18. The third-order valence-corrected chi connectivity index (χ3v) is 2.50. The molecule has 0 aliphatic heterocycles. The minimum Gasteiger partial charge on any atom is -0.445 e. The number of carbonyl (C=O) groups is 1. The van der Waals surface area contributed by atoms with Crippen LogP contribution in [-0.2, 0) is 11.3 Å². The van der Waals surface area contributed by atoms with Crippen molar-refractivity contribution in [3.8, 4) is 0 Å². The van der Waals surface area contributed by atoms with Crippen LogP contribution >= 0.6 is 0 Å². The van der Waals surface area contributed by atoms with Crippen LogP contribution < -0.4 is 5.32 Å². The fraction of sp³-hybridized carbons (Fsp3) is 0.462. The monoisotopic (exact) mass is 221 g/mol. The van der Waals surface area contributed by atoms with Crippen LogP contribution in [0.4, 0.5) is 4.79 Å². The molecular formula is C13H19NO2. The van der Waals surface area contributed by atoms with E-state index in [0.717, 1.165) is 12.0 Å². The molecule has 0 saturated heterocycles. The third kappa shape index (κ3) is 4.82. The van der Waals surface area contributed by atoms with E-state index in [9.17, 15) is 4.79 Å². The Kier molecular flexibility index (Phi) is 5.40. The highest BCUT2D eigenvalue weighted by Gasteiger charge is 2.04. The van der Waals surface area contributed by atoms with Crippen LogP contribution in [0.3, 0.4) is 0 Å². The van der Waals surface area contributed by atoms with Crippen molar-refractivity contribution in [1.29, 1.82) is 0 Å². The highest BCUT2D eigenvalue weighted by atomic mass is 16.5. The standard InChI is InChI=1S/C13H19NO2/c1-3-11(2)9-14-13(15)16-10-12-7-5-4-6-8-12/h4-8,11H,3,9-10H2,1-2H3,(H,14,15)/t11-/m0/s1. The van der Waals surface area contributed by atoms with Gasteiger partial charge in [-0.1, -0.05) is 50.6 Å². The van der Waals surface area contributed by atoms with Gasteiger partial charge in [-0.15, -0.1) is 0 Å². The molecule has 3 nitrogen and oxygen atoms in total. The Balaban J connectivity index is 2.20.